The molecule has 2 rings (SSSR count). The molecular formula is C13H14F2N2O3. The Hall–Kier alpha value is -2.18. The number of hydrogen-bond donors (Lipinski definition) is 1. The van der Waals surface area contributed by atoms with E-state index in [-0.39, 0.29) is 11.7 Å². The van der Waals surface area contributed by atoms with Gasteiger partial charge in [0.15, 0.2) is 0 Å². The number of carbonyl (C=O) groups excluding carboxylic acids is 1. The van der Waals surface area contributed by atoms with E-state index in [1.165, 1.54) is 18.2 Å². The van der Waals surface area contributed by atoms with Crippen molar-refractivity contribution < 1.29 is 23.5 Å². The first-order valence-corrected chi connectivity index (χ1v) is 6.14. The first-order valence-electron chi connectivity index (χ1n) is 6.14. The van der Waals surface area contributed by atoms with Crippen LogP contribution in [0.2, 0.25) is 0 Å². The second-order valence-corrected chi connectivity index (χ2v) is 4.36. The zero-order valence-electron chi connectivity index (χ0n) is 10.6. The van der Waals surface area contributed by atoms with Gasteiger partial charge in [0, 0.05) is 31.5 Å². The Bertz CT molecular complexity index is 510. The topological polar surface area (TPSA) is 62.1 Å². The molecular weight excluding hydrogens is 270 g/mol. The predicted octanol–water partition coefficient (Wildman–Crippen LogP) is 2.35. The van der Waals surface area contributed by atoms with E-state index in [0.717, 1.165) is 0 Å². The van der Waals surface area contributed by atoms with Crippen LogP contribution in [0.4, 0.5) is 8.78 Å². The normalized spacial score (nSPS) is 15.3. The molecule has 0 spiro atoms. The van der Waals surface area contributed by atoms with E-state index in [1.807, 2.05) is 0 Å². The number of benzene rings is 1. The molecule has 1 saturated heterocycles. The van der Waals surface area contributed by atoms with Crippen LogP contribution in [0.15, 0.2) is 29.4 Å². The minimum atomic E-state index is -2.92. The van der Waals surface area contributed by atoms with Gasteiger partial charge in [-0.25, -0.2) is 0 Å². The second-order valence-electron chi connectivity index (χ2n) is 4.36. The maximum Gasteiger partial charge on any atom is 0.387 e. The summed E-state index contributed by atoms with van der Waals surface area (Å²) in [5.74, 6) is -0.290. The van der Waals surface area contributed by atoms with Crippen LogP contribution >= 0.6 is 0 Å². The maximum atomic E-state index is 12.2. The Morgan fingerprint density at radius 3 is 2.65 bits per heavy atom. The van der Waals surface area contributed by atoms with E-state index in [0.29, 0.717) is 37.2 Å². The van der Waals surface area contributed by atoms with E-state index in [1.54, 1.807) is 11.0 Å². The third-order valence-corrected chi connectivity index (χ3v) is 3.08. The van der Waals surface area contributed by atoms with Gasteiger partial charge in [0.05, 0.1) is 5.71 Å². The van der Waals surface area contributed by atoms with Crippen LogP contribution in [-0.2, 0) is 0 Å². The molecule has 0 saturated carbocycles. The van der Waals surface area contributed by atoms with Gasteiger partial charge in [0.1, 0.15) is 5.75 Å². The van der Waals surface area contributed by atoms with E-state index in [9.17, 15) is 13.6 Å². The molecule has 0 atom stereocenters. The van der Waals surface area contributed by atoms with E-state index in [2.05, 4.69) is 9.89 Å². The molecule has 1 aliphatic heterocycles. The van der Waals surface area contributed by atoms with Gasteiger partial charge < -0.3 is 14.8 Å². The fraction of sp³-hybridized carbons (Fsp3) is 0.385. The molecule has 1 aliphatic rings. The number of rotatable bonds is 3. The van der Waals surface area contributed by atoms with Crippen LogP contribution < -0.4 is 4.74 Å². The van der Waals surface area contributed by atoms with Crippen LogP contribution in [0.5, 0.6) is 5.75 Å². The molecule has 0 aromatic heterocycles. The van der Waals surface area contributed by atoms with Crippen molar-refractivity contribution in [2.75, 3.05) is 13.1 Å². The summed E-state index contributed by atoms with van der Waals surface area (Å²) < 4.78 is 28.5. The van der Waals surface area contributed by atoms with Crippen LogP contribution in [0.3, 0.4) is 0 Å². The van der Waals surface area contributed by atoms with Crippen molar-refractivity contribution in [3.05, 3.63) is 29.8 Å². The minimum Gasteiger partial charge on any atom is -0.435 e. The molecule has 5 nitrogen and oxygen atoms in total. The van der Waals surface area contributed by atoms with Crippen molar-refractivity contribution in [2.24, 2.45) is 5.16 Å². The monoisotopic (exact) mass is 284 g/mol. The predicted molar refractivity (Wildman–Crippen MR) is 67.4 cm³/mol. The smallest absolute Gasteiger partial charge is 0.387 e. The van der Waals surface area contributed by atoms with Crippen LogP contribution in [0.1, 0.15) is 23.2 Å². The molecule has 0 bridgehead atoms. The van der Waals surface area contributed by atoms with E-state index >= 15 is 0 Å². The highest BCUT2D eigenvalue weighted by atomic mass is 19.3. The number of hydrogen-bond acceptors (Lipinski definition) is 4. The lowest BCUT2D eigenvalue weighted by atomic mass is 10.1. The van der Waals surface area contributed by atoms with Crippen molar-refractivity contribution in [1.82, 2.24) is 4.90 Å². The summed E-state index contributed by atoms with van der Waals surface area (Å²) in [6, 6.07) is 5.71. The number of carbonyl (C=O) groups is 1. The number of amides is 1. The van der Waals surface area contributed by atoms with Gasteiger partial charge in [-0.1, -0.05) is 11.2 Å². The zero-order chi connectivity index (χ0) is 14.5. The average Bonchev–Trinajstić information content (AvgIpc) is 2.46. The summed E-state index contributed by atoms with van der Waals surface area (Å²) in [5.41, 5.74) is 0.955. The highest BCUT2D eigenvalue weighted by Gasteiger charge is 2.21. The number of halogens is 2. The Morgan fingerprint density at radius 1 is 1.35 bits per heavy atom. The van der Waals surface area contributed by atoms with Crippen molar-refractivity contribution >= 4 is 11.6 Å². The maximum absolute atomic E-state index is 12.2. The lowest BCUT2D eigenvalue weighted by molar-refractivity contribution is -0.0499. The second kappa shape index (κ2) is 6.31. The Morgan fingerprint density at radius 2 is 2.05 bits per heavy atom. The van der Waals surface area contributed by atoms with Crippen LogP contribution in [0.25, 0.3) is 0 Å². The number of likely N-dealkylation sites (tertiary alicyclic amines) is 1. The molecule has 1 aromatic rings. The molecule has 1 fully saturated rings. The highest BCUT2D eigenvalue weighted by molar-refractivity contribution is 5.96. The van der Waals surface area contributed by atoms with Gasteiger partial charge in [-0.15, -0.1) is 0 Å². The standard InChI is InChI=1S/C13H14F2N2O3/c14-13(15)20-11-3-1-2-9(8-11)12(18)17-6-4-10(16-19)5-7-17/h1-3,8,13,19H,4-7H2. The van der Waals surface area contributed by atoms with Gasteiger partial charge in [-0.2, -0.15) is 8.78 Å². The summed E-state index contributed by atoms with van der Waals surface area (Å²) in [7, 11) is 0. The zero-order valence-corrected chi connectivity index (χ0v) is 10.6. The Kier molecular flexibility index (Phi) is 4.49. The average molecular weight is 284 g/mol. The van der Waals surface area contributed by atoms with Crippen LogP contribution in [-0.4, -0.2) is 41.4 Å². The number of nitrogens with zero attached hydrogens (tertiary/aromatic N) is 2. The first kappa shape index (κ1) is 14.2. The van der Waals surface area contributed by atoms with E-state index < -0.39 is 6.61 Å². The molecule has 1 N–H and O–H groups in total. The molecule has 7 heteroatoms. The molecule has 1 aromatic carbocycles. The SMILES string of the molecule is O=C(c1cccc(OC(F)F)c1)N1CCC(=NO)CC1. The van der Waals surface area contributed by atoms with Crippen molar-refractivity contribution in [3.63, 3.8) is 0 Å². The Labute approximate surface area is 114 Å². The lowest BCUT2D eigenvalue weighted by Gasteiger charge is -2.27. The van der Waals surface area contributed by atoms with Gasteiger partial charge in [-0.3, -0.25) is 4.79 Å². The molecule has 0 unspecified atom stereocenters. The van der Waals surface area contributed by atoms with Crippen molar-refractivity contribution in [3.8, 4) is 5.75 Å². The van der Waals surface area contributed by atoms with Gasteiger partial charge in [0.2, 0.25) is 0 Å². The summed E-state index contributed by atoms with van der Waals surface area (Å²) >= 11 is 0. The molecule has 0 aliphatic carbocycles. The van der Waals surface area contributed by atoms with Gasteiger partial charge >= 0.3 is 6.61 Å². The number of alkyl halides is 2. The van der Waals surface area contributed by atoms with Crippen LogP contribution in [0, 0.1) is 0 Å². The summed E-state index contributed by atoms with van der Waals surface area (Å²) in [4.78, 5) is 13.8. The fourth-order valence-electron chi connectivity index (χ4n) is 2.06. The summed E-state index contributed by atoms with van der Waals surface area (Å²) in [6.45, 7) is -2.03. The fourth-order valence-corrected chi connectivity index (χ4v) is 2.06. The largest absolute Gasteiger partial charge is 0.435 e. The molecule has 108 valence electrons. The van der Waals surface area contributed by atoms with Gasteiger partial charge in [0.25, 0.3) is 5.91 Å². The summed E-state index contributed by atoms with van der Waals surface area (Å²) in [5, 5.41) is 11.8. The number of oxime groups is 1. The van der Waals surface area contributed by atoms with Crippen molar-refractivity contribution in [1.29, 1.82) is 0 Å². The molecule has 1 amide bonds. The Balaban J connectivity index is 2.06. The quantitative estimate of drug-likeness (QED) is 0.684. The number of ether oxygens (including phenoxy) is 1. The number of piperidine rings is 1. The van der Waals surface area contributed by atoms with Crippen molar-refractivity contribution in [2.45, 2.75) is 19.5 Å². The van der Waals surface area contributed by atoms with Gasteiger partial charge in [-0.05, 0) is 18.2 Å². The third-order valence-electron chi connectivity index (χ3n) is 3.08. The molecule has 20 heavy (non-hydrogen) atoms. The highest BCUT2D eigenvalue weighted by Crippen LogP contribution is 2.18. The molecule has 1 heterocycles. The molecule has 0 radical (unpaired) electrons. The first-order chi connectivity index (χ1) is 9.60. The lowest BCUT2D eigenvalue weighted by Crippen LogP contribution is -2.38. The summed E-state index contributed by atoms with van der Waals surface area (Å²) in [6.07, 6.45) is 1.02. The van der Waals surface area contributed by atoms with E-state index in [4.69, 9.17) is 5.21 Å². The third kappa shape index (κ3) is 3.43. The minimum absolute atomic E-state index is 0.0412.